The standard InChI is InChI=1S/C21H23FN2O3/c1-27-19-8-4-15(5-9-19)10-11-23-21(26)17-12-20(25)24(14-17)13-16-2-6-18(22)7-3-16/h2-9,17H,10-14H2,1H3,(H,23,26). The minimum absolute atomic E-state index is 0.0466. The van der Waals surface area contributed by atoms with Crippen LogP contribution in [0.15, 0.2) is 48.5 Å². The molecule has 1 aliphatic rings. The van der Waals surface area contributed by atoms with Gasteiger partial charge in [0.1, 0.15) is 11.6 Å². The molecule has 2 aromatic rings. The van der Waals surface area contributed by atoms with E-state index in [-0.39, 0.29) is 30.0 Å². The Morgan fingerprint density at radius 1 is 1.15 bits per heavy atom. The third-order valence-corrected chi connectivity index (χ3v) is 4.74. The Bertz CT molecular complexity index is 790. The van der Waals surface area contributed by atoms with E-state index in [0.29, 0.717) is 19.6 Å². The third-order valence-electron chi connectivity index (χ3n) is 4.74. The number of hydrogen-bond donors (Lipinski definition) is 1. The molecule has 1 fully saturated rings. The van der Waals surface area contributed by atoms with Gasteiger partial charge >= 0.3 is 0 Å². The topological polar surface area (TPSA) is 58.6 Å². The number of benzene rings is 2. The van der Waals surface area contributed by atoms with Gasteiger partial charge in [-0.05, 0) is 41.8 Å². The van der Waals surface area contributed by atoms with E-state index in [2.05, 4.69) is 5.32 Å². The van der Waals surface area contributed by atoms with E-state index in [1.807, 2.05) is 24.3 Å². The first-order chi connectivity index (χ1) is 13.0. The highest BCUT2D eigenvalue weighted by molar-refractivity contribution is 5.89. The normalized spacial score (nSPS) is 16.4. The highest BCUT2D eigenvalue weighted by atomic mass is 19.1. The molecule has 0 aromatic heterocycles. The molecule has 1 heterocycles. The quantitative estimate of drug-likeness (QED) is 0.815. The van der Waals surface area contributed by atoms with E-state index in [1.54, 1.807) is 24.1 Å². The summed E-state index contributed by atoms with van der Waals surface area (Å²) in [7, 11) is 1.62. The maximum absolute atomic E-state index is 13.0. The molecule has 5 nitrogen and oxygen atoms in total. The van der Waals surface area contributed by atoms with Crippen molar-refractivity contribution in [3.63, 3.8) is 0 Å². The van der Waals surface area contributed by atoms with Crippen LogP contribution in [-0.2, 0) is 22.6 Å². The fraction of sp³-hybridized carbons (Fsp3) is 0.333. The van der Waals surface area contributed by atoms with Crippen molar-refractivity contribution >= 4 is 11.8 Å². The number of rotatable bonds is 7. The highest BCUT2D eigenvalue weighted by Crippen LogP contribution is 2.20. The lowest BCUT2D eigenvalue weighted by molar-refractivity contribution is -0.129. The molecule has 0 aliphatic carbocycles. The minimum Gasteiger partial charge on any atom is -0.497 e. The van der Waals surface area contributed by atoms with Crippen molar-refractivity contribution in [2.75, 3.05) is 20.2 Å². The Balaban J connectivity index is 1.46. The van der Waals surface area contributed by atoms with Crippen molar-refractivity contribution in [3.05, 3.63) is 65.5 Å². The number of hydrogen-bond acceptors (Lipinski definition) is 3. The number of carbonyl (C=O) groups excluding carboxylic acids is 2. The third kappa shape index (κ3) is 5.06. The van der Waals surface area contributed by atoms with Crippen LogP contribution in [0.3, 0.4) is 0 Å². The van der Waals surface area contributed by atoms with Crippen molar-refractivity contribution in [1.82, 2.24) is 10.2 Å². The Kier molecular flexibility index (Phi) is 6.06. The molecule has 27 heavy (non-hydrogen) atoms. The summed E-state index contributed by atoms with van der Waals surface area (Å²) < 4.78 is 18.1. The fourth-order valence-electron chi connectivity index (χ4n) is 3.18. The molecule has 2 aromatic carbocycles. The zero-order chi connectivity index (χ0) is 19.2. The number of carbonyl (C=O) groups is 2. The molecular formula is C21H23FN2O3. The van der Waals surface area contributed by atoms with Crippen LogP contribution in [0.25, 0.3) is 0 Å². The lowest BCUT2D eigenvalue weighted by Crippen LogP contribution is -2.34. The number of halogens is 1. The molecule has 1 saturated heterocycles. The second-order valence-corrected chi connectivity index (χ2v) is 6.69. The molecule has 0 saturated carbocycles. The summed E-state index contributed by atoms with van der Waals surface area (Å²) in [5.74, 6) is 0.0102. The average molecular weight is 370 g/mol. The highest BCUT2D eigenvalue weighted by Gasteiger charge is 2.33. The van der Waals surface area contributed by atoms with Gasteiger partial charge in [0.25, 0.3) is 0 Å². The fourth-order valence-corrected chi connectivity index (χ4v) is 3.18. The number of ether oxygens (including phenoxy) is 1. The number of nitrogens with zero attached hydrogens (tertiary/aromatic N) is 1. The molecule has 2 amide bonds. The van der Waals surface area contributed by atoms with Gasteiger partial charge in [-0.1, -0.05) is 24.3 Å². The summed E-state index contributed by atoms with van der Waals surface area (Å²) in [6.45, 7) is 1.31. The van der Waals surface area contributed by atoms with E-state index in [0.717, 1.165) is 23.3 Å². The Morgan fingerprint density at radius 3 is 2.48 bits per heavy atom. The molecule has 1 atom stereocenters. The van der Waals surface area contributed by atoms with Gasteiger partial charge in [0.15, 0.2) is 0 Å². The van der Waals surface area contributed by atoms with Gasteiger partial charge in [-0.25, -0.2) is 4.39 Å². The first kappa shape index (κ1) is 18.9. The maximum atomic E-state index is 13.0. The second kappa shape index (κ2) is 8.66. The van der Waals surface area contributed by atoms with Crippen LogP contribution in [0.2, 0.25) is 0 Å². The van der Waals surface area contributed by atoms with Gasteiger partial charge in [0.05, 0.1) is 13.0 Å². The van der Waals surface area contributed by atoms with Crippen molar-refractivity contribution in [3.8, 4) is 5.75 Å². The monoisotopic (exact) mass is 370 g/mol. The van der Waals surface area contributed by atoms with Gasteiger partial charge < -0.3 is 15.0 Å². The van der Waals surface area contributed by atoms with Crippen LogP contribution in [0.1, 0.15) is 17.5 Å². The summed E-state index contributed by atoms with van der Waals surface area (Å²) in [6, 6.07) is 13.8. The molecule has 0 spiro atoms. The molecule has 1 aliphatic heterocycles. The summed E-state index contributed by atoms with van der Waals surface area (Å²) in [4.78, 5) is 26.2. The lowest BCUT2D eigenvalue weighted by atomic mass is 10.1. The van der Waals surface area contributed by atoms with Crippen molar-refractivity contribution in [2.45, 2.75) is 19.4 Å². The van der Waals surface area contributed by atoms with Crippen molar-refractivity contribution in [1.29, 1.82) is 0 Å². The second-order valence-electron chi connectivity index (χ2n) is 6.69. The van der Waals surface area contributed by atoms with Crippen molar-refractivity contribution in [2.24, 2.45) is 5.92 Å². The van der Waals surface area contributed by atoms with E-state index >= 15 is 0 Å². The van der Waals surface area contributed by atoms with Crippen LogP contribution < -0.4 is 10.1 Å². The number of methoxy groups -OCH3 is 1. The summed E-state index contributed by atoms with van der Waals surface area (Å²) >= 11 is 0. The SMILES string of the molecule is COc1ccc(CCNC(=O)C2CC(=O)N(Cc3ccc(F)cc3)C2)cc1. The van der Waals surface area contributed by atoms with Crippen LogP contribution >= 0.6 is 0 Å². The summed E-state index contributed by atoms with van der Waals surface area (Å²) in [5.41, 5.74) is 1.96. The number of likely N-dealkylation sites (tertiary alicyclic amines) is 1. The molecule has 1 unspecified atom stereocenters. The van der Waals surface area contributed by atoms with Crippen LogP contribution in [0.5, 0.6) is 5.75 Å². The minimum atomic E-state index is -0.339. The summed E-state index contributed by atoms with van der Waals surface area (Å²) in [5, 5.41) is 2.92. The predicted molar refractivity (Wildman–Crippen MR) is 99.6 cm³/mol. The summed E-state index contributed by atoms with van der Waals surface area (Å²) in [6.07, 6.45) is 0.936. The first-order valence-electron chi connectivity index (χ1n) is 8.98. The van der Waals surface area contributed by atoms with Crippen molar-refractivity contribution < 1.29 is 18.7 Å². The van der Waals surface area contributed by atoms with E-state index < -0.39 is 0 Å². The van der Waals surface area contributed by atoms with Gasteiger partial charge in [-0.15, -0.1) is 0 Å². The molecule has 1 N–H and O–H groups in total. The van der Waals surface area contributed by atoms with Crippen LogP contribution in [-0.4, -0.2) is 36.9 Å². The van der Waals surface area contributed by atoms with Crippen LogP contribution in [0, 0.1) is 11.7 Å². The number of amides is 2. The molecular weight excluding hydrogens is 347 g/mol. The molecule has 3 rings (SSSR count). The largest absolute Gasteiger partial charge is 0.497 e. The molecule has 142 valence electrons. The zero-order valence-corrected chi connectivity index (χ0v) is 15.3. The molecule has 0 bridgehead atoms. The smallest absolute Gasteiger partial charge is 0.225 e. The van der Waals surface area contributed by atoms with E-state index in [4.69, 9.17) is 4.74 Å². The first-order valence-corrected chi connectivity index (χ1v) is 8.98. The zero-order valence-electron chi connectivity index (χ0n) is 15.3. The maximum Gasteiger partial charge on any atom is 0.225 e. The Morgan fingerprint density at radius 2 is 1.81 bits per heavy atom. The van der Waals surface area contributed by atoms with E-state index in [9.17, 15) is 14.0 Å². The van der Waals surface area contributed by atoms with Crippen LogP contribution in [0.4, 0.5) is 4.39 Å². The van der Waals surface area contributed by atoms with E-state index in [1.165, 1.54) is 12.1 Å². The Hall–Kier alpha value is -2.89. The molecule has 0 radical (unpaired) electrons. The van der Waals surface area contributed by atoms with Gasteiger partial charge in [0, 0.05) is 26.1 Å². The van der Waals surface area contributed by atoms with Gasteiger partial charge in [-0.3, -0.25) is 9.59 Å². The molecule has 6 heteroatoms. The average Bonchev–Trinajstić information content (AvgIpc) is 3.04. The van der Waals surface area contributed by atoms with Gasteiger partial charge in [-0.2, -0.15) is 0 Å². The lowest BCUT2D eigenvalue weighted by Gasteiger charge is -2.16. The van der Waals surface area contributed by atoms with Gasteiger partial charge in [0.2, 0.25) is 11.8 Å². The Labute approximate surface area is 158 Å². The predicted octanol–water partition coefficient (Wildman–Crippen LogP) is 2.54. The number of nitrogens with one attached hydrogen (secondary N) is 1.